The molecule has 0 fully saturated rings. The predicted molar refractivity (Wildman–Crippen MR) is 74.4 cm³/mol. The highest BCUT2D eigenvalue weighted by molar-refractivity contribution is 6.31. The predicted octanol–water partition coefficient (Wildman–Crippen LogP) is 3.85. The Bertz CT molecular complexity index is 669. The number of benzene rings is 1. The zero-order valence-corrected chi connectivity index (χ0v) is 12.0. The SMILES string of the molecule is O=C(Nc1ccc2cnn(CCCC(F)(F)F)c2c1)C(F)Cl. The van der Waals surface area contributed by atoms with E-state index >= 15 is 0 Å². The van der Waals surface area contributed by atoms with Gasteiger partial charge in [0.1, 0.15) is 0 Å². The number of aryl methyl sites for hydroxylation is 1. The lowest BCUT2D eigenvalue weighted by atomic mass is 10.2. The summed E-state index contributed by atoms with van der Waals surface area (Å²) in [6.45, 7) is 0.0850. The van der Waals surface area contributed by atoms with Crippen molar-refractivity contribution in [2.24, 2.45) is 0 Å². The van der Waals surface area contributed by atoms with Gasteiger partial charge in [0.25, 0.3) is 11.5 Å². The van der Waals surface area contributed by atoms with Crippen molar-refractivity contribution in [1.29, 1.82) is 0 Å². The maximum Gasteiger partial charge on any atom is 0.389 e. The molecule has 0 saturated heterocycles. The second-order valence-electron chi connectivity index (χ2n) is 4.65. The molecular formula is C13H12ClF4N3O. The molecule has 0 saturated carbocycles. The number of halogens is 5. The van der Waals surface area contributed by atoms with E-state index in [2.05, 4.69) is 10.4 Å². The van der Waals surface area contributed by atoms with Crippen molar-refractivity contribution in [3.8, 4) is 0 Å². The number of rotatable bonds is 5. The maximum atomic E-state index is 12.6. The van der Waals surface area contributed by atoms with Crippen LogP contribution in [0, 0.1) is 0 Å². The van der Waals surface area contributed by atoms with E-state index in [0.29, 0.717) is 16.6 Å². The number of carbonyl (C=O) groups is 1. The van der Waals surface area contributed by atoms with Gasteiger partial charge in [0, 0.05) is 24.0 Å². The summed E-state index contributed by atoms with van der Waals surface area (Å²) in [5, 5.41) is 6.97. The fourth-order valence-electron chi connectivity index (χ4n) is 1.95. The van der Waals surface area contributed by atoms with Crippen molar-refractivity contribution in [1.82, 2.24) is 9.78 Å². The number of fused-ring (bicyclic) bond motifs is 1. The molecule has 1 amide bonds. The molecule has 120 valence electrons. The normalized spacial score (nSPS) is 13.3. The molecule has 22 heavy (non-hydrogen) atoms. The molecule has 4 nitrogen and oxygen atoms in total. The number of hydrogen-bond acceptors (Lipinski definition) is 2. The zero-order chi connectivity index (χ0) is 16.3. The fourth-order valence-corrected chi connectivity index (χ4v) is 2.01. The second kappa shape index (κ2) is 6.51. The molecule has 9 heteroatoms. The quantitative estimate of drug-likeness (QED) is 0.665. The Morgan fingerprint density at radius 1 is 1.41 bits per heavy atom. The summed E-state index contributed by atoms with van der Waals surface area (Å²) in [4.78, 5) is 11.2. The molecule has 1 N–H and O–H groups in total. The van der Waals surface area contributed by atoms with Crippen molar-refractivity contribution >= 4 is 34.1 Å². The summed E-state index contributed by atoms with van der Waals surface area (Å²) in [6, 6.07) is 4.66. The summed E-state index contributed by atoms with van der Waals surface area (Å²) < 4.78 is 50.5. The summed E-state index contributed by atoms with van der Waals surface area (Å²) in [5.74, 6) is -1.01. The highest BCUT2D eigenvalue weighted by Gasteiger charge is 2.26. The number of hydrogen-bond donors (Lipinski definition) is 1. The lowest BCUT2D eigenvalue weighted by Gasteiger charge is -2.08. The van der Waals surface area contributed by atoms with Crippen LogP contribution in [0.4, 0.5) is 23.2 Å². The zero-order valence-electron chi connectivity index (χ0n) is 11.2. The third-order valence-corrected chi connectivity index (χ3v) is 3.14. The molecule has 1 atom stereocenters. The largest absolute Gasteiger partial charge is 0.389 e. The summed E-state index contributed by atoms with van der Waals surface area (Å²) in [6.07, 6.45) is -3.71. The van der Waals surface area contributed by atoms with Crippen LogP contribution in [-0.2, 0) is 11.3 Å². The molecule has 0 aliphatic heterocycles. The molecule has 2 rings (SSSR count). The van der Waals surface area contributed by atoms with Gasteiger partial charge in [-0.15, -0.1) is 0 Å². The topological polar surface area (TPSA) is 46.9 Å². The number of carbonyl (C=O) groups excluding carboxylic acids is 1. The molecular weight excluding hydrogens is 326 g/mol. The van der Waals surface area contributed by atoms with Gasteiger partial charge in [0.15, 0.2) is 0 Å². The van der Waals surface area contributed by atoms with Crippen molar-refractivity contribution in [2.75, 3.05) is 5.32 Å². The van der Waals surface area contributed by atoms with E-state index in [1.807, 2.05) is 0 Å². The van der Waals surface area contributed by atoms with Crippen LogP contribution in [0.15, 0.2) is 24.4 Å². The third kappa shape index (κ3) is 4.33. The lowest BCUT2D eigenvalue weighted by molar-refractivity contribution is -0.136. The molecule has 1 aromatic heterocycles. The number of nitrogens with one attached hydrogen (secondary N) is 1. The first-order valence-electron chi connectivity index (χ1n) is 6.37. The molecule has 2 aromatic rings. The average Bonchev–Trinajstić information content (AvgIpc) is 2.80. The first-order valence-corrected chi connectivity index (χ1v) is 6.81. The van der Waals surface area contributed by atoms with Crippen molar-refractivity contribution in [3.05, 3.63) is 24.4 Å². The lowest BCUT2D eigenvalue weighted by Crippen LogP contribution is -2.19. The maximum absolute atomic E-state index is 12.6. The molecule has 0 spiro atoms. The van der Waals surface area contributed by atoms with Crippen LogP contribution in [0.1, 0.15) is 12.8 Å². The van der Waals surface area contributed by atoms with Gasteiger partial charge in [-0.25, -0.2) is 4.39 Å². The van der Waals surface area contributed by atoms with Gasteiger partial charge in [-0.2, -0.15) is 18.3 Å². The van der Waals surface area contributed by atoms with E-state index in [-0.39, 0.29) is 13.0 Å². The van der Waals surface area contributed by atoms with Crippen LogP contribution in [0.2, 0.25) is 0 Å². The van der Waals surface area contributed by atoms with Crippen molar-refractivity contribution in [3.63, 3.8) is 0 Å². The van der Waals surface area contributed by atoms with Crippen LogP contribution in [0.3, 0.4) is 0 Å². The minimum absolute atomic E-state index is 0.0850. The third-order valence-electron chi connectivity index (χ3n) is 2.94. The summed E-state index contributed by atoms with van der Waals surface area (Å²) in [5.41, 5.74) is -1.34. The summed E-state index contributed by atoms with van der Waals surface area (Å²) >= 11 is 5.01. The number of amides is 1. The Morgan fingerprint density at radius 3 is 2.77 bits per heavy atom. The van der Waals surface area contributed by atoms with Gasteiger partial charge < -0.3 is 5.32 Å². The highest BCUT2D eigenvalue weighted by atomic mass is 35.5. The molecule has 0 radical (unpaired) electrons. The Labute approximate surface area is 128 Å². The number of alkyl halides is 5. The average molecular weight is 338 g/mol. The van der Waals surface area contributed by atoms with Crippen LogP contribution in [-0.4, -0.2) is 27.5 Å². The minimum Gasteiger partial charge on any atom is -0.322 e. The Kier molecular flexibility index (Phi) is 4.90. The number of anilines is 1. The van der Waals surface area contributed by atoms with Gasteiger partial charge in [-0.05, 0) is 24.6 Å². The monoisotopic (exact) mass is 337 g/mol. The van der Waals surface area contributed by atoms with Gasteiger partial charge in [0.2, 0.25) is 0 Å². The van der Waals surface area contributed by atoms with Crippen LogP contribution >= 0.6 is 11.6 Å². The fraction of sp³-hybridized carbons (Fsp3) is 0.385. The standard InChI is InChI=1S/C13H12ClF4N3O/c14-11(15)12(22)20-9-3-2-8-7-19-21(10(8)6-9)5-1-4-13(16,17)18/h2-3,6-7,11H,1,4-5H2,(H,20,22). The van der Waals surface area contributed by atoms with Crippen molar-refractivity contribution in [2.45, 2.75) is 31.2 Å². The van der Waals surface area contributed by atoms with Crippen LogP contribution < -0.4 is 5.32 Å². The van der Waals surface area contributed by atoms with E-state index in [4.69, 9.17) is 11.6 Å². The van der Waals surface area contributed by atoms with Gasteiger partial charge in [-0.3, -0.25) is 9.48 Å². The number of nitrogens with zero attached hydrogens (tertiary/aromatic N) is 2. The molecule has 0 bridgehead atoms. The van der Waals surface area contributed by atoms with Gasteiger partial charge >= 0.3 is 6.18 Å². The van der Waals surface area contributed by atoms with Crippen molar-refractivity contribution < 1.29 is 22.4 Å². The Morgan fingerprint density at radius 2 is 2.14 bits per heavy atom. The van der Waals surface area contributed by atoms with E-state index < -0.39 is 24.1 Å². The van der Waals surface area contributed by atoms with Crippen LogP contribution in [0.5, 0.6) is 0 Å². The second-order valence-corrected chi connectivity index (χ2v) is 5.03. The van der Waals surface area contributed by atoms with E-state index in [9.17, 15) is 22.4 Å². The first-order chi connectivity index (χ1) is 10.3. The summed E-state index contributed by atoms with van der Waals surface area (Å²) in [7, 11) is 0. The first kappa shape index (κ1) is 16.5. The smallest absolute Gasteiger partial charge is 0.322 e. The number of aromatic nitrogens is 2. The molecule has 1 unspecified atom stereocenters. The highest BCUT2D eigenvalue weighted by Crippen LogP contribution is 2.23. The molecule has 0 aliphatic rings. The van der Waals surface area contributed by atoms with E-state index in [1.165, 1.54) is 23.0 Å². The minimum atomic E-state index is -4.21. The van der Waals surface area contributed by atoms with Gasteiger partial charge in [0.05, 0.1) is 11.7 Å². The van der Waals surface area contributed by atoms with Gasteiger partial charge in [-0.1, -0.05) is 11.6 Å². The van der Waals surface area contributed by atoms with E-state index in [0.717, 1.165) is 0 Å². The molecule has 1 aromatic carbocycles. The van der Waals surface area contributed by atoms with Crippen LogP contribution in [0.25, 0.3) is 10.9 Å². The Balaban J connectivity index is 2.13. The molecule has 0 aliphatic carbocycles. The Hall–Kier alpha value is -1.83. The van der Waals surface area contributed by atoms with E-state index in [1.54, 1.807) is 6.07 Å². The molecule has 1 heterocycles.